The molecule has 14 heavy (non-hydrogen) atoms. The molecule has 0 radical (unpaired) electrons. The normalized spacial score (nSPS) is 51.8. The fourth-order valence-corrected chi connectivity index (χ4v) is 0.800. The number of nitrogens with zero attached hydrogens (tertiary/aromatic N) is 2. The van der Waals surface area contributed by atoms with E-state index in [9.17, 15) is 0 Å². The van der Waals surface area contributed by atoms with Crippen LogP contribution in [0.25, 0.3) is 0 Å². The molecular formula is C11H17N3. The molecule has 0 spiro atoms. The number of pyridine rings is 1. The van der Waals surface area contributed by atoms with Crippen molar-refractivity contribution in [2.45, 2.75) is 12.7 Å². The highest BCUT2D eigenvalue weighted by Crippen LogP contribution is 2.21. The van der Waals surface area contributed by atoms with E-state index < -0.39 is 68.2 Å². The molecule has 0 unspecified atom stereocenters. The first-order valence-electron chi connectivity index (χ1n) is 11.2. The van der Waals surface area contributed by atoms with Crippen molar-refractivity contribution in [1.29, 1.82) is 0 Å². The molecule has 0 bridgehead atoms. The van der Waals surface area contributed by atoms with Crippen LogP contribution in [0.3, 0.4) is 0 Å². The number of piperidine rings is 1. The first kappa shape index (κ1) is 2.19. The summed E-state index contributed by atoms with van der Waals surface area (Å²) in [4.78, 5) is 2.98. The van der Waals surface area contributed by atoms with E-state index in [-0.39, 0.29) is 4.90 Å². The van der Waals surface area contributed by atoms with E-state index in [4.69, 9.17) is 26.3 Å². The van der Waals surface area contributed by atoms with Gasteiger partial charge in [-0.2, -0.15) is 0 Å². The zero-order chi connectivity index (χ0) is 23.2. The molecule has 2 N–H and O–H groups in total. The van der Waals surface area contributed by atoms with Gasteiger partial charge in [0.15, 0.2) is 0 Å². The second-order valence-electron chi connectivity index (χ2n) is 2.26. The van der Waals surface area contributed by atoms with Crippen LogP contribution in [-0.4, -0.2) is 24.5 Å². The lowest BCUT2D eigenvalue weighted by molar-refractivity contribution is 0.414. The van der Waals surface area contributed by atoms with E-state index in [1.807, 2.05) is 0 Å². The number of nitrogens with two attached hydrogens (primary N) is 1. The van der Waals surface area contributed by atoms with Crippen molar-refractivity contribution in [2.24, 2.45) is 11.6 Å². The highest BCUT2D eigenvalue weighted by molar-refractivity contribution is 5.44. The number of anilines is 1. The van der Waals surface area contributed by atoms with Crippen LogP contribution < -0.4 is 10.6 Å². The molecule has 1 aliphatic rings. The third kappa shape index (κ3) is 2.04. The summed E-state index contributed by atoms with van der Waals surface area (Å²) in [5.41, 5.74) is 4.07. The summed E-state index contributed by atoms with van der Waals surface area (Å²) >= 11 is 0. The zero-order valence-electron chi connectivity index (χ0n) is 22.0. The molecule has 1 saturated heterocycles. The van der Waals surface area contributed by atoms with Gasteiger partial charge in [0.1, 0.15) is 0 Å². The Hall–Kier alpha value is -1.09. The molecule has 0 aromatic carbocycles. The van der Waals surface area contributed by atoms with Crippen LogP contribution in [0.15, 0.2) is 24.4 Å². The number of hydrogen-bond donors (Lipinski definition) is 1. The topological polar surface area (TPSA) is 42.2 Å². The van der Waals surface area contributed by atoms with Crippen molar-refractivity contribution in [1.82, 2.24) is 4.98 Å². The quantitative estimate of drug-likeness (QED) is 0.792. The molecule has 0 saturated carbocycles. The van der Waals surface area contributed by atoms with Gasteiger partial charge in [-0.3, -0.25) is 4.98 Å². The van der Waals surface area contributed by atoms with Crippen LogP contribution in [0.2, 0.25) is 0 Å². The Morgan fingerprint density at radius 2 is 2.29 bits per heavy atom. The lowest BCUT2D eigenvalue weighted by Gasteiger charge is -2.32. The highest BCUT2D eigenvalue weighted by Gasteiger charge is 2.17. The molecule has 0 amide bonds. The number of aromatic nitrogens is 1. The second-order valence-corrected chi connectivity index (χ2v) is 2.26. The predicted molar refractivity (Wildman–Crippen MR) is 58.2 cm³/mol. The first-order chi connectivity index (χ1) is 12.6. The molecule has 3 nitrogen and oxygen atoms in total. The first-order valence-corrected chi connectivity index (χ1v) is 3.66. The van der Waals surface area contributed by atoms with Gasteiger partial charge >= 0.3 is 0 Å². The van der Waals surface area contributed by atoms with Gasteiger partial charge in [-0.15, -0.1) is 0 Å². The third-order valence-electron chi connectivity index (χ3n) is 1.41. The summed E-state index contributed by atoms with van der Waals surface area (Å²) in [6.07, 6.45) is -9.63. The van der Waals surface area contributed by atoms with Crippen molar-refractivity contribution in [3.8, 4) is 0 Å². The average Bonchev–Trinajstić information content (AvgIpc) is 2.52. The molecule has 1 aromatic heterocycles. The highest BCUT2D eigenvalue weighted by atomic mass is 15.1. The number of hydrogen-bond acceptors (Lipinski definition) is 3. The van der Waals surface area contributed by atoms with Crippen LogP contribution in [0.5, 0.6) is 0 Å². The second kappa shape index (κ2) is 4.42. The van der Waals surface area contributed by atoms with Gasteiger partial charge < -0.3 is 10.6 Å². The molecule has 76 valence electrons. The van der Waals surface area contributed by atoms with Crippen molar-refractivity contribution in [2.75, 3.05) is 24.4 Å². The van der Waals surface area contributed by atoms with Gasteiger partial charge in [0.2, 0.25) is 0 Å². The molecule has 1 aromatic rings. The summed E-state index contributed by atoms with van der Waals surface area (Å²) in [5, 5.41) is 0. The molecule has 3 heteroatoms. The SMILES string of the molecule is [2H]c1nc([2H])c([2H])c(N2C([2H])([2H])C([2H])([2H])C([2H])(C([2H])([2H])N)C([2H])([2H])C2([2H])[2H])c1[2H]. The van der Waals surface area contributed by atoms with Gasteiger partial charge in [0.05, 0.1) is 5.48 Å². The van der Waals surface area contributed by atoms with E-state index in [1.165, 1.54) is 0 Å². The predicted octanol–water partition coefficient (Wildman–Crippen LogP) is 1.26. The monoisotopic (exact) mass is 206 g/mol. The summed E-state index contributed by atoms with van der Waals surface area (Å²) < 4.78 is 119. The van der Waals surface area contributed by atoms with Gasteiger partial charge in [0, 0.05) is 46.1 Å². The van der Waals surface area contributed by atoms with Crippen molar-refractivity contribution >= 4 is 5.69 Å². The molecule has 0 atom stereocenters. The Labute approximate surface area is 106 Å². The lowest BCUT2D eigenvalue weighted by atomic mass is 9.97. The minimum absolute atomic E-state index is 0.263. The lowest BCUT2D eigenvalue weighted by Crippen LogP contribution is -2.35. The summed E-state index contributed by atoms with van der Waals surface area (Å²) in [5.74, 6) is -3.83. The largest absolute Gasteiger partial charge is 0.371 e. The van der Waals surface area contributed by atoms with Gasteiger partial charge in [-0.1, -0.05) is 0 Å². The van der Waals surface area contributed by atoms with Crippen molar-refractivity contribution < 1.29 is 20.6 Å². The van der Waals surface area contributed by atoms with Crippen LogP contribution in [0, 0.1) is 5.89 Å². The Morgan fingerprint density at radius 1 is 1.64 bits per heavy atom. The third-order valence-corrected chi connectivity index (χ3v) is 1.41. The zero-order valence-corrected chi connectivity index (χ0v) is 6.97. The molecular weight excluding hydrogens is 174 g/mol. The Bertz CT molecular complexity index is 791. The fraction of sp³-hybridized carbons (Fsp3) is 0.545. The average molecular weight is 206 g/mol. The Morgan fingerprint density at radius 3 is 2.86 bits per heavy atom. The smallest absolute Gasteiger partial charge is 0.0841 e. The maximum absolute atomic E-state index is 8.20. The molecule has 0 aliphatic carbocycles. The van der Waals surface area contributed by atoms with Crippen LogP contribution in [0.1, 0.15) is 33.3 Å². The van der Waals surface area contributed by atoms with E-state index in [2.05, 4.69) is 4.98 Å². The van der Waals surface area contributed by atoms with Crippen molar-refractivity contribution in [3.63, 3.8) is 0 Å². The summed E-state index contributed by atoms with van der Waals surface area (Å²) in [6, 6.07) is -2.14. The molecule has 2 heterocycles. The maximum Gasteiger partial charge on any atom is 0.0841 e. The van der Waals surface area contributed by atoms with E-state index >= 15 is 0 Å². The minimum atomic E-state index is -3.85. The summed E-state index contributed by atoms with van der Waals surface area (Å²) in [6.45, 7) is -11.1. The standard InChI is InChI=1S/C11H17N3/c12-9-10-3-7-14(8-4-10)11-1-5-13-6-2-11/h1-2,5-6,10H,3-4,7-9,12H2/i1D,2D,3D2,4D2,5D,6D,7D2,8D2,9D2,10D. The summed E-state index contributed by atoms with van der Waals surface area (Å²) in [7, 11) is 0. The molecule has 2 rings (SSSR count). The van der Waals surface area contributed by atoms with Crippen LogP contribution >= 0.6 is 0 Å². The number of rotatable bonds is 2. The minimum Gasteiger partial charge on any atom is -0.371 e. The fourth-order valence-electron chi connectivity index (χ4n) is 0.800. The van der Waals surface area contributed by atoms with E-state index in [1.54, 1.807) is 0 Å². The van der Waals surface area contributed by atoms with Crippen molar-refractivity contribution in [3.05, 3.63) is 24.4 Å². The van der Waals surface area contributed by atoms with Gasteiger partial charge in [0.25, 0.3) is 0 Å². The maximum atomic E-state index is 8.20. The molecule has 1 fully saturated rings. The van der Waals surface area contributed by atoms with Gasteiger partial charge in [-0.25, -0.2) is 0 Å². The van der Waals surface area contributed by atoms with Gasteiger partial charge in [-0.05, 0) is 37.2 Å². The van der Waals surface area contributed by atoms with Crippen LogP contribution in [-0.2, 0) is 0 Å². The van der Waals surface area contributed by atoms with E-state index in [0.29, 0.717) is 0 Å². The van der Waals surface area contributed by atoms with E-state index in [0.717, 1.165) is 0 Å². The Balaban J connectivity index is 3.04. The molecule has 1 aliphatic heterocycles. The Kier molecular flexibility index (Phi) is 0.692. The van der Waals surface area contributed by atoms with Crippen LogP contribution in [0.4, 0.5) is 5.69 Å².